The monoisotopic (exact) mass is 336 g/mol. The van der Waals surface area contributed by atoms with E-state index in [1.165, 1.54) is 0 Å². The third-order valence-electron chi connectivity index (χ3n) is 4.51. The molecule has 2 aromatic rings. The first kappa shape index (κ1) is 17.2. The summed E-state index contributed by atoms with van der Waals surface area (Å²) in [5.41, 5.74) is 0.703. The Kier molecular flexibility index (Phi) is 4.88. The average Bonchev–Trinajstić information content (AvgIpc) is 3.44. The number of carbonyl (C=O) groups excluding carboxylic acids is 2. The molecule has 3 rings (SSSR count). The van der Waals surface area contributed by atoms with Crippen LogP contribution in [-0.4, -0.2) is 17.9 Å². The third kappa shape index (κ3) is 4.08. The molecule has 1 aliphatic rings. The van der Waals surface area contributed by atoms with Crippen molar-refractivity contribution in [2.24, 2.45) is 5.41 Å². The van der Waals surface area contributed by atoms with Gasteiger partial charge in [-0.1, -0.05) is 48.5 Å². The second-order valence-electron chi connectivity index (χ2n) is 7.09. The molecular formula is C21H24N2O2. The zero-order valence-electron chi connectivity index (χ0n) is 14.7. The Balaban J connectivity index is 1.87. The molecule has 1 aliphatic carbocycles. The first-order chi connectivity index (χ1) is 12.0. The van der Waals surface area contributed by atoms with Gasteiger partial charge in [0.2, 0.25) is 11.8 Å². The fourth-order valence-electron chi connectivity index (χ4n) is 2.68. The van der Waals surface area contributed by atoms with Crippen LogP contribution in [0.1, 0.15) is 32.3 Å². The van der Waals surface area contributed by atoms with E-state index in [2.05, 4.69) is 5.32 Å². The highest BCUT2D eigenvalue weighted by molar-refractivity contribution is 6.11. The maximum absolute atomic E-state index is 13.3. The van der Waals surface area contributed by atoms with E-state index in [1.807, 2.05) is 60.7 Å². The van der Waals surface area contributed by atoms with Crippen LogP contribution in [0.5, 0.6) is 0 Å². The fraction of sp³-hybridized carbons (Fsp3) is 0.333. The number of amides is 2. The number of benzene rings is 2. The highest BCUT2D eigenvalue weighted by Crippen LogP contribution is 2.28. The van der Waals surface area contributed by atoms with Gasteiger partial charge in [-0.3, -0.25) is 9.59 Å². The molecule has 25 heavy (non-hydrogen) atoms. The number of anilines is 1. The maximum Gasteiger partial charge on any atom is 0.242 e. The molecule has 0 spiro atoms. The number of para-hydroxylation sites is 1. The third-order valence-corrected chi connectivity index (χ3v) is 4.51. The summed E-state index contributed by atoms with van der Waals surface area (Å²) in [6, 6.07) is 19.6. The van der Waals surface area contributed by atoms with Crippen molar-refractivity contribution >= 4 is 17.5 Å². The van der Waals surface area contributed by atoms with Gasteiger partial charge in [-0.2, -0.15) is 0 Å². The predicted octanol–water partition coefficient (Wildman–Crippen LogP) is 3.52. The largest absolute Gasteiger partial charge is 0.352 e. The molecule has 0 unspecified atom stereocenters. The lowest BCUT2D eigenvalue weighted by Gasteiger charge is -2.31. The smallest absolute Gasteiger partial charge is 0.242 e. The SMILES string of the molecule is CC(C)(C(=O)NC1CC1)C(=O)N(Cc1ccccc1)c1ccccc1. The molecule has 130 valence electrons. The first-order valence-electron chi connectivity index (χ1n) is 8.70. The molecule has 1 N–H and O–H groups in total. The van der Waals surface area contributed by atoms with Crippen LogP contribution >= 0.6 is 0 Å². The Morgan fingerprint density at radius 2 is 1.56 bits per heavy atom. The Morgan fingerprint density at radius 1 is 1.00 bits per heavy atom. The van der Waals surface area contributed by atoms with E-state index in [-0.39, 0.29) is 17.9 Å². The van der Waals surface area contributed by atoms with E-state index in [4.69, 9.17) is 0 Å². The van der Waals surface area contributed by atoms with E-state index in [9.17, 15) is 9.59 Å². The summed E-state index contributed by atoms with van der Waals surface area (Å²) < 4.78 is 0. The maximum atomic E-state index is 13.3. The molecule has 2 aromatic carbocycles. The molecule has 0 saturated heterocycles. The summed E-state index contributed by atoms with van der Waals surface area (Å²) in [6.45, 7) is 3.84. The normalized spacial score (nSPS) is 14.0. The topological polar surface area (TPSA) is 49.4 Å². The summed E-state index contributed by atoms with van der Waals surface area (Å²) in [5.74, 6) is -0.394. The summed E-state index contributed by atoms with van der Waals surface area (Å²) >= 11 is 0. The van der Waals surface area contributed by atoms with Crippen molar-refractivity contribution in [3.05, 3.63) is 66.2 Å². The number of rotatable bonds is 6. The Bertz CT molecular complexity index is 737. The van der Waals surface area contributed by atoms with Crippen LogP contribution in [0, 0.1) is 5.41 Å². The van der Waals surface area contributed by atoms with Crippen molar-refractivity contribution in [3.63, 3.8) is 0 Å². The van der Waals surface area contributed by atoms with Crippen LogP contribution in [0.25, 0.3) is 0 Å². The molecular weight excluding hydrogens is 312 g/mol. The highest BCUT2D eigenvalue weighted by atomic mass is 16.2. The minimum absolute atomic E-state index is 0.194. The van der Waals surface area contributed by atoms with Crippen LogP contribution < -0.4 is 10.2 Å². The Labute approximate surface area is 148 Å². The van der Waals surface area contributed by atoms with Gasteiger partial charge < -0.3 is 10.2 Å². The predicted molar refractivity (Wildman–Crippen MR) is 99.0 cm³/mol. The van der Waals surface area contributed by atoms with Gasteiger partial charge in [0.25, 0.3) is 0 Å². The van der Waals surface area contributed by atoms with Crippen molar-refractivity contribution in [2.45, 2.75) is 39.3 Å². The average molecular weight is 336 g/mol. The molecule has 1 saturated carbocycles. The Hall–Kier alpha value is -2.62. The number of nitrogens with one attached hydrogen (secondary N) is 1. The number of nitrogens with zero attached hydrogens (tertiary/aromatic N) is 1. The first-order valence-corrected chi connectivity index (χ1v) is 8.70. The minimum Gasteiger partial charge on any atom is -0.352 e. The second-order valence-corrected chi connectivity index (χ2v) is 7.09. The van der Waals surface area contributed by atoms with Gasteiger partial charge in [-0.15, -0.1) is 0 Å². The van der Waals surface area contributed by atoms with Crippen molar-refractivity contribution in [1.29, 1.82) is 0 Å². The van der Waals surface area contributed by atoms with Gasteiger partial charge in [0.1, 0.15) is 5.41 Å². The van der Waals surface area contributed by atoms with Crippen molar-refractivity contribution in [3.8, 4) is 0 Å². The van der Waals surface area contributed by atoms with Crippen LogP contribution in [0.3, 0.4) is 0 Å². The van der Waals surface area contributed by atoms with E-state index >= 15 is 0 Å². The molecule has 0 heterocycles. The summed E-state index contributed by atoms with van der Waals surface area (Å²) in [7, 11) is 0. The van der Waals surface area contributed by atoms with Crippen molar-refractivity contribution in [1.82, 2.24) is 5.32 Å². The van der Waals surface area contributed by atoms with E-state index in [1.54, 1.807) is 18.7 Å². The van der Waals surface area contributed by atoms with Gasteiger partial charge in [0.05, 0.1) is 6.54 Å². The van der Waals surface area contributed by atoms with Gasteiger partial charge in [-0.25, -0.2) is 0 Å². The zero-order valence-corrected chi connectivity index (χ0v) is 14.7. The molecule has 0 atom stereocenters. The lowest BCUT2D eigenvalue weighted by molar-refractivity contribution is -0.140. The van der Waals surface area contributed by atoms with E-state index < -0.39 is 5.41 Å². The van der Waals surface area contributed by atoms with Crippen LogP contribution in [-0.2, 0) is 16.1 Å². The van der Waals surface area contributed by atoms with Crippen LogP contribution in [0.2, 0.25) is 0 Å². The number of hydrogen-bond acceptors (Lipinski definition) is 2. The summed E-state index contributed by atoms with van der Waals surface area (Å²) in [4.78, 5) is 27.6. The standard InChI is InChI=1S/C21H24N2O2/c1-21(2,19(24)22-17-13-14-17)20(25)23(18-11-7-4-8-12-18)15-16-9-5-3-6-10-16/h3-12,17H,13-15H2,1-2H3,(H,22,24). The highest BCUT2D eigenvalue weighted by Gasteiger charge is 2.41. The lowest BCUT2D eigenvalue weighted by atomic mass is 9.89. The van der Waals surface area contributed by atoms with Crippen molar-refractivity contribution in [2.75, 3.05) is 4.90 Å². The number of carbonyl (C=O) groups is 2. The quantitative estimate of drug-likeness (QED) is 0.821. The summed E-state index contributed by atoms with van der Waals surface area (Å²) in [5, 5.41) is 2.96. The molecule has 0 aromatic heterocycles. The van der Waals surface area contributed by atoms with E-state index in [0.29, 0.717) is 6.54 Å². The fourth-order valence-corrected chi connectivity index (χ4v) is 2.68. The molecule has 4 heteroatoms. The van der Waals surface area contributed by atoms with Crippen LogP contribution in [0.15, 0.2) is 60.7 Å². The minimum atomic E-state index is -1.12. The zero-order chi connectivity index (χ0) is 17.9. The molecule has 4 nitrogen and oxygen atoms in total. The van der Waals surface area contributed by atoms with Gasteiger partial charge in [0, 0.05) is 11.7 Å². The van der Waals surface area contributed by atoms with E-state index in [0.717, 1.165) is 24.1 Å². The Morgan fingerprint density at radius 3 is 2.12 bits per heavy atom. The second kappa shape index (κ2) is 7.09. The molecule has 0 radical (unpaired) electrons. The number of hydrogen-bond donors (Lipinski definition) is 1. The molecule has 0 aliphatic heterocycles. The molecule has 1 fully saturated rings. The van der Waals surface area contributed by atoms with Crippen LogP contribution in [0.4, 0.5) is 5.69 Å². The lowest BCUT2D eigenvalue weighted by Crippen LogP contribution is -2.50. The van der Waals surface area contributed by atoms with Gasteiger partial charge in [0.15, 0.2) is 0 Å². The molecule has 0 bridgehead atoms. The van der Waals surface area contributed by atoms with Crippen molar-refractivity contribution < 1.29 is 9.59 Å². The molecule has 2 amide bonds. The summed E-state index contributed by atoms with van der Waals surface area (Å²) in [6.07, 6.45) is 2.00. The van der Waals surface area contributed by atoms with Gasteiger partial charge in [-0.05, 0) is 44.4 Å². The van der Waals surface area contributed by atoms with Gasteiger partial charge >= 0.3 is 0 Å².